The highest BCUT2D eigenvalue weighted by Gasteiger charge is 2.42. The fraction of sp³-hybridized carbons (Fsp3) is 0.571. The number of ether oxygens (including phenoxy) is 5. The van der Waals surface area contributed by atoms with Crippen LogP contribution < -0.4 is 4.74 Å². The van der Waals surface area contributed by atoms with Gasteiger partial charge in [0.15, 0.2) is 11.9 Å². The molecule has 0 saturated carbocycles. The molecule has 8 heteroatoms. The first-order valence-electron chi connectivity index (χ1n) is 9.56. The van der Waals surface area contributed by atoms with Gasteiger partial charge in [0.2, 0.25) is 0 Å². The summed E-state index contributed by atoms with van der Waals surface area (Å²) in [6.07, 6.45) is -0.807. The largest absolute Gasteiger partial charge is 0.497 e. The molecule has 6 nitrogen and oxygen atoms in total. The third kappa shape index (κ3) is 6.39. The number of methoxy groups -OCH3 is 1. The fourth-order valence-electron chi connectivity index (χ4n) is 3.15. The summed E-state index contributed by atoms with van der Waals surface area (Å²) in [6.45, 7) is 6.52. The Balaban J connectivity index is 1.70. The molecule has 160 valence electrons. The predicted molar refractivity (Wildman–Crippen MR) is 115 cm³/mol. The molecule has 2 aliphatic heterocycles. The smallest absolute Gasteiger partial charge is 0.303 e. The van der Waals surface area contributed by atoms with Crippen molar-refractivity contribution in [2.75, 3.05) is 31.8 Å². The van der Waals surface area contributed by atoms with Crippen molar-refractivity contribution >= 4 is 29.5 Å². The average Bonchev–Trinajstić information content (AvgIpc) is 3.06. The Bertz CT molecular complexity index is 731. The second-order valence-electron chi connectivity index (χ2n) is 7.22. The molecule has 1 aromatic rings. The van der Waals surface area contributed by atoms with Gasteiger partial charge in [0.05, 0.1) is 26.9 Å². The maximum Gasteiger partial charge on any atom is 0.303 e. The van der Waals surface area contributed by atoms with E-state index in [9.17, 15) is 4.79 Å². The van der Waals surface area contributed by atoms with Crippen LogP contribution in [0, 0.1) is 0 Å². The zero-order valence-electron chi connectivity index (χ0n) is 17.3. The Morgan fingerprint density at radius 2 is 1.93 bits per heavy atom. The monoisotopic (exact) mass is 440 g/mol. The van der Waals surface area contributed by atoms with Gasteiger partial charge in [-0.3, -0.25) is 4.79 Å². The van der Waals surface area contributed by atoms with Crippen LogP contribution in [0.25, 0.3) is 0 Å². The highest BCUT2D eigenvalue weighted by Crippen LogP contribution is 2.40. The lowest BCUT2D eigenvalue weighted by atomic mass is 10.2. The van der Waals surface area contributed by atoms with E-state index in [1.807, 2.05) is 38.1 Å². The van der Waals surface area contributed by atoms with E-state index in [2.05, 4.69) is 0 Å². The maximum atomic E-state index is 11.8. The minimum atomic E-state index is -0.679. The summed E-state index contributed by atoms with van der Waals surface area (Å²) >= 11 is 3.46. The van der Waals surface area contributed by atoms with Crippen molar-refractivity contribution < 1.29 is 28.5 Å². The zero-order chi connectivity index (χ0) is 20.9. The molecule has 0 amide bonds. The Hall–Kier alpha value is -1.19. The van der Waals surface area contributed by atoms with Gasteiger partial charge < -0.3 is 23.7 Å². The van der Waals surface area contributed by atoms with E-state index in [0.717, 1.165) is 32.6 Å². The topological polar surface area (TPSA) is 63.2 Å². The fourth-order valence-corrected chi connectivity index (χ4v) is 5.64. The Morgan fingerprint density at radius 1 is 1.21 bits per heavy atom. The minimum Gasteiger partial charge on any atom is -0.497 e. The van der Waals surface area contributed by atoms with E-state index in [1.165, 1.54) is 6.92 Å². The van der Waals surface area contributed by atoms with Gasteiger partial charge in [0.25, 0.3) is 0 Å². The van der Waals surface area contributed by atoms with E-state index >= 15 is 0 Å². The summed E-state index contributed by atoms with van der Waals surface area (Å²) in [5.74, 6) is 1.77. The number of esters is 1. The number of rotatable bonds is 8. The van der Waals surface area contributed by atoms with Crippen LogP contribution in [0.3, 0.4) is 0 Å². The number of carbonyl (C=O) groups is 1. The van der Waals surface area contributed by atoms with E-state index in [-0.39, 0.29) is 12.1 Å². The van der Waals surface area contributed by atoms with Crippen molar-refractivity contribution in [3.8, 4) is 5.75 Å². The van der Waals surface area contributed by atoms with E-state index < -0.39 is 11.9 Å². The molecule has 3 rings (SSSR count). The molecule has 0 radical (unpaired) electrons. The molecule has 0 bridgehead atoms. The molecule has 2 heterocycles. The standard InChI is InChI=1S/C21H28O6S2/c1-14(22)26-19(17-12-25-21(2,3)27-17)20-18(28-9-10-29-20)13-24-11-15-5-7-16(23-4)8-6-15/h5-8,17,19H,9-13H2,1-4H3/t17-,19+/m0/s1. The first-order chi connectivity index (χ1) is 13.9. The van der Waals surface area contributed by atoms with Crippen LogP contribution >= 0.6 is 23.5 Å². The molecule has 1 fully saturated rings. The van der Waals surface area contributed by atoms with Gasteiger partial charge >= 0.3 is 5.97 Å². The van der Waals surface area contributed by atoms with Crippen LogP contribution in [0.5, 0.6) is 5.75 Å². The van der Waals surface area contributed by atoms with Crippen molar-refractivity contribution in [1.82, 2.24) is 0 Å². The van der Waals surface area contributed by atoms with Crippen LogP contribution in [-0.2, 0) is 30.3 Å². The van der Waals surface area contributed by atoms with Gasteiger partial charge in [-0.1, -0.05) is 12.1 Å². The molecule has 0 N–H and O–H groups in total. The lowest BCUT2D eigenvalue weighted by Gasteiger charge is -2.29. The quantitative estimate of drug-likeness (QED) is 0.563. The summed E-state index contributed by atoms with van der Waals surface area (Å²) in [5, 5.41) is 0. The summed E-state index contributed by atoms with van der Waals surface area (Å²) in [7, 11) is 1.65. The minimum absolute atomic E-state index is 0.327. The van der Waals surface area contributed by atoms with Crippen molar-refractivity contribution in [2.24, 2.45) is 0 Å². The zero-order valence-corrected chi connectivity index (χ0v) is 18.9. The molecule has 1 saturated heterocycles. The Labute approximate surface area is 180 Å². The molecular formula is C21H28O6S2. The lowest BCUT2D eigenvalue weighted by molar-refractivity contribution is -0.164. The summed E-state index contributed by atoms with van der Waals surface area (Å²) in [4.78, 5) is 13.9. The molecule has 29 heavy (non-hydrogen) atoms. The Kier molecular flexibility index (Phi) is 7.92. The van der Waals surface area contributed by atoms with E-state index in [4.69, 9.17) is 23.7 Å². The van der Waals surface area contributed by atoms with Crippen LogP contribution in [0.1, 0.15) is 26.3 Å². The molecule has 1 aromatic carbocycles. The molecular weight excluding hydrogens is 412 g/mol. The van der Waals surface area contributed by atoms with Crippen molar-refractivity contribution in [2.45, 2.75) is 45.4 Å². The highest BCUT2D eigenvalue weighted by atomic mass is 32.2. The summed E-state index contributed by atoms with van der Waals surface area (Å²) in [6, 6.07) is 7.82. The molecule has 2 aliphatic rings. The van der Waals surface area contributed by atoms with Gasteiger partial charge in [0.1, 0.15) is 11.9 Å². The van der Waals surface area contributed by atoms with Gasteiger partial charge in [-0.05, 0) is 31.5 Å². The summed E-state index contributed by atoms with van der Waals surface area (Å²) in [5.41, 5.74) is 1.08. The molecule has 0 spiro atoms. The van der Waals surface area contributed by atoms with Crippen molar-refractivity contribution in [1.29, 1.82) is 0 Å². The van der Waals surface area contributed by atoms with Gasteiger partial charge in [-0.15, -0.1) is 23.5 Å². The van der Waals surface area contributed by atoms with Crippen molar-refractivity contribution in [3.05, 3.63) is 39.6 Å². The summed E-state index contributed by atoms with van der Waals surface area (Å²) < 4.78 is 28.6. The van der Waals surface area contributed by atoms with E-state index in [1.54, 1.807) is 30.6 Å². The van der Waals surface area contributed by atoms with Crippen LogP contribution in [0.4, 0.5) is 0 Å². The average molecular weight is 441 g/mol. The predicted octanol–water partition coefficient (Wildman–Crippen LogP) is 3.99. The molecule has 2 atom stereocenters. The van der Waals surface area contributed by atoms with Crippen LogP contribution in [0.2, 0.25) is 0 Å². The SMILES string of the molecule is COc1ccc(COCC2=C([C@H](OC(C)=O)[C@@H]3COC(C)(C)O3)SCCS2)cc1. The van der Waals surface area contributed by atoms with Crippen LogP contribution in [0.15, 0.2) is 34.1 Å². The van der Waals surface area contributed by atoms with E-state index in [0.29, 0.717) is 19.8 Å². The first-order valence-corrected chi connectivity index (χ1v) is 11.5. The first kappa shape index (κ1) is 22.5. The molecule has 0 unspecified atom stereocenters. The third-order valence-electron chi connectivity index (χ3n) is 4.47. The number of thioether (sulfide) groups is 2. The number of benzene rings is 1. The van der Waals surface area contributed by atoms with Gasteiger partial charge in [0, 0.05) is 28.2 Å². The lowest BCUT2D eigenvalue weighted by Crippen LogP contribution is -2.36. The molecule has 0 aromatic heterocycles. The van der Waals surface area contributed by atoms with Gasteiger partial charge in [-0.2, -0.15) is 0 Å². The number of carbonyl (C=O) groups excluding carboxylic acids is 1. The maximum absolute atomic E-state index is 11.8. The Morgan fingerprint density at radius 3 is 2.55 bits per heavy atom. The second kappa shape index (κ2) is 10.2. The second-order valence-corrected chi connectivity index (χ2v) is 9.55. The number of hydrogen-bond acceptors (Lipinski definition) is 8. The van der Waals surface area contributed by atoms with Crippen molar-refractivity contribution in [3.63, 3.8) is 0 Å². The van der Waals surface area contributed by atoms with Crippen LogP contribution in [-0.4, -0.2) is 55.8 Å². The van der Waals surface area contributed by atoms with Gasteiger partial charge in [-0.25, -0.2) is 0 Å². The number of hydrogen-bond donors (Lipinski definition) is 0. The normalized spacial score (nSPS) is 22.4. The third-order valence-corrected chi connectivity index (χ3v) is 7.15. The highest BCUT2D eigenvalue weighted by molar-refractivity contribution is 8.10. The molecule has 0 aliphatic carbocycles.